The highest BCUT2D eigenvalue weighted by Crippen LogP contribution is 2.29. The van der Waals surface area contributed by atoms with Crippen LogP contribution in [0.15, 0.2) is 51.8 Å². The molecule has 106 valence electrons. The quantitative estimate of drug-likeness (QED) is 0.855. The fourth-order valence-corrected chi connectivity index (χ4v) is 4.12. The van der Waals surface area contributed by atoms with E-state index < -0.39 is 9.84 Å². The molecule has 20 heavy (non-hydrogen) atoms. The van der Waals surface area contributed by atoms with E-state index in [4.69, 9.17) is 10.5 Å². The number of nitrogen functional groups attached to an aromatic ring is 1. The fourth-order valence-electron chi connectivity index (χ4n) is 1.84. The van der Waals surface area contributed by atoms with Crippen LogP contribution in [0, 0.1) is 0 Å². The van der Waals surface area contributed by atoms with Crippen LogP contribution < -0.4 is 10.5 Å². The van der Waals surface area contributed by atoms with Crippen molar-refractivity contribution in [1.82, 2.24) is 0 Å². The summed E-state index contributed by atoms with van der Waals surface area (Å²) in [6.07, 6.45) is 0. The zero-order valence-corrected chi connectivity index (χ0v) is 13.2. The molecule has 0 bridgehead atoms. The number of para-hydroxylation sites is 1. The molecule has 0 aromatic heterocycles. The Labute approximate surface area is 126 Å². The number of ether oxygens (including phenoxy) is 1. The number of hydrogen-bond donors (Lipinski definition) is 1. The Kier molecular flexibility index (Phi) is 4.35. The summed E-state index contributed by atoms with van der Waals surface area (Å²) in [4.78, 5) is 0.186. The van der Waals surface area contributed by atoms with Gasteiger partial charge < -0.3 is 10.5 Å². The molecule has 2 N–H and O–H groups in total. The number of hydrogen-bond acceptors (Lipinski definition) is 4. The number of rotatable bonds is 4. The van der Waals surface area contributed by atoms with E-state index in [1.54, 1.807) is 42.5 Å². The van der Waals surface area contributed by atoms with Crippen LogP contribution in [0.1, 0.15) is 5.56 Å². The van der Waals surface area contributed by atoms with E-state index in [1.807, 2.05) is 0 Å². The average Bonchev–Trinajstić information content (AvgIpc) is 2.42. The third-order valence-corrected chi connectivity index (χ3v) is 5.26. The molecule has 0 fully saturated rings. The minimum absolute atomic E-state index is 0.117. The molecule has 6 heteroatoms. The second-order valence-electron chi connectivity index (χ2n) is 4.26. The Morgan fingerprint density at radius 1 is 1.20 bits per heavy atom. The molecule has 0 heterocycles. The predicted octanol–water partition coefficient (Wildman–Crippen LogP) is 3.01. The average molecular weight is 356 g/mol. The Balaban J connectivity index is 2.41. The molecule has 0 saturated carbocycles. The van der Waals surface area contributed by atoms with Crippen molar-refractivity contribution in [3.63, 3.8) is 0 Å². The first-order valence-electron chi connectivity index (χ1n) is 5.84. The molecule has 0 saturated heterocycles. The lowest BCUT2D eigenvalue weighted by atomic mass is 10.2. The summed E-state index contributed by atoms with van der Waals surface area (Å²) in [6.45, 7) is 0. The van der Waals surface area contributed by atoms with Gasteiger partial charge in [-0.2, -0.15) is 0 Å². The summed E-state index contributed by atoms with van der Waals surface area (Å²) in [6, 6.07) is 11.6. The highest BCUT2D eigenvalue weighted by atomic mass is 79.9. The van der Waals surface area contributed by atoms with Gasteiger partial charge in [-0.1, -0.05) is 34.1 Å². The van der Waals surface area contributed by atoms with Crippen molar-refractivity contribution >= 4 is 31.5 Å². The number of benzene rings is 2. The van der Waals surface area contributed by atoms with Crippen LogP contribution in [0.2, 0.25) is 0 Å². The number of sulfone groups is 1. The van der Waals surface area contributed by atoms with E-state index in [1.165, 1.54) is 7.11 Å². The van der Waals surface area contributed by atoms with Gasteiger partial charge in [-0.05, 0) is 29.8 Å². The summed E-state index contributed by atoms with van der Waals surface area (Å²) in [5.41, 5.74) is 6.89. The van der Waals surface area contributed by atoms with Crippen LogP contribution in [-0.2, 0) is 15.6 Å². The molecule has 2 aromatic carbocycles. The summed E-state index contributed by atoms with van der Waals surface area (Å²) in [7, 11) is -2.04. The van der Waals surface area contributed by atoms with E-state index in [0.29, 0.717) is 21.5 Å². The van der Waals surface area contributed by atoms with Crippen molar-refractivity contribution in [3.05, 3.63) is 52.5 Å². The topological polar surface area (TPSA) is 69.4 Å². The van der Waals surface area contributed by atoms with Crippen molar-refractivity contribution in [2.45, 2.75) is 10.6 Å². The lowest BCUT2D eigenvalue weighted by molar-refractivity contribution is 0.402. The van der Waals surface area contributed by atoms with Crippen molar-refractivity contribution < 1.29 is 13.2 Å². The highest BCUT2D eigenvalue weighted by Gasteiger charge is 2.20. The molecule has 0 aliphatic rings. The van der Waals surface area contributed by atoms with Gasteiger partial charge in [0.25, 0.3) is 0 Å². The van der Waals surface area contributed by atoms with Gasteiger partial charge in [0.1, 0.15) is 10.6 Å². The molecule has 2 aromatic rings. The molecule has 0 amide bonds. The molecule has 0 spiro atoms. The third kappa shape index (κ3) is 3.13. The number of methoxy groups -OCH3 is 1. The van der Waals surface area contributed by atoms with Crippen molar-refractivity contribution in [3.8, 4) is 5.75 Å². The summed E-state index contributed by atoms with van der Waals surface area (Å²) >= 11 is 3.33. The molecule has 0 radical (unpaired) electrons. The highest BCUT2D eigenvalue weighted by molar-refractivity contribution is 9.10. The zero-order valence-electron chi connectivity index (χ0n) is 10.8. The number of anilines is 1. The molecule has 0 aliphatic heterocycles. The van der Waals surface area contributed by atoms with Gasteiger partial charge in [0, 0.05) is 10.2 Å². The molecule has 0 unspecified atom stereocenters. The van der Waals surface area contributed by atoms with Gasteiger partial charge in [-0.15, -0.1) is 0 Å². The lowest BCUT2D eigenvalue weighted by Gasteiger charge is -2.10. The van der Waals surface area contributed by atoms with Crippen molar-refractivity contribution in [1.29, 1.82) is 0 Å². The molecule has 0 aliphatic carbocycles. The van der Waals surface area contributed by atoms with Gasteiger partial charge in [-0.25, -0.2) is 8.42 Å². The van der Waals surface area contributed by atoms with Crippen LogP contribution in [0.5, 0.6) is 5.75 Å². The fraction of sp³-hybridized carbons (Fsp3) is 0.143. The van der Waals surface area contributed by atoms with E-state index >= 15 is 0 Å². The summed E-state index contributed by atoms with van der Waals surface area (Å²) < 4.78 is 30.8. The maximum absolute atomic E-state index is 12.5. The van der Waals surface area contributed by atoms with Gasteiger partial charge in [0.05, 0.1) is 12.9 Å². The number of nitrogens with two attached hydrogens (primary N) is 1. The first kappa shape index (κ1) is 14.9. The van der Waals surface area contributed by atoms with E-state index in [9.17, 15) is 8.42 Å². The summed E-state index contributed by atoms with van der Waals surface area (Å²) in [5, 5.41) is 0. The first-order valence-corrected chi connectivity index (χ1v) is 8.28. The van der Waals surface area contributed by atoms with Gasteiger partial charge in [-0.3, -0.25) is 0 Å². The molecule has 4 nitrogen and oxygen atoms in total. The lowest BCUT2D eigenvalue weighted by Crippen LogP contribution is -2.07. The first-order chi connectivity index (χ1) is 9.44. The van der Waals surface area contributed by atoms with E-state index in [0.717, 1.165) is 0 Å². The van der Waals surface area contributed by atoms with Crippen LogP contribution in [-0.4, -0.2) is 15.5 Å². The molecular formula is C14H14BrNO3S. The van der Waals surface area contributed by atoms with Crippen molar-refractivity contribution in [2.24, 2.45) is 0 Å². The minimum atomic E-state index is -3.49. The van der Waals surface area contributed by atoms with Crippen LogP contribution in [0.25, 0.3) is 0 Å². The van der Waals surface area contributed by atoms with Gasteiger partial charge >= 0.3 is 0 Å². The van der Waals surface area contributed by atoms with Gasteiger partial charge in [0.15, 0.2) is 9.84 Å². The monoisotopic (exact) mass is 355 g/mol. The van der Waals surface area contributed by atoms with Crippen LogP contribution in [0.3, 0.4) is 0 Å². The molecule has 2 rings (SSSR count). The van der Waals surface area contributed by atoms with E-state index in [-0.39, 0.29) is 10.6 Å². The van der Waals surface area contributed by atoms with E-state index in [2.05, 4.69) is 15.9 Å². The standard InChI is InChI=1S/C14H14BrNO3S/c1-19-13-4-2-3-5-14(13)20(17,18)9-10-6-7-11(16)8-12(10)15/h2-8H,9,16H2,1H3. The Bertz CT molecular complexity index is 729. The Morgan fingerprint density at radius 2 is 1.90 bits per heavy atom. The molecule has 0 atom stereocenters. The normalized spacial score (nSPS) is 11.3. The van der Waals surface area contributed by atoms with Crippen LogP contribution in [0.4, 0.5) is 5.69 Å². The zero-order chi connectivity index (χ0) is 14.8. The van der Waals surface area contributed by atoms with Crippen molar-refractivity contribution in [2.75, 3.05) is 12.8 Å². The van der Waals surface area contributed by atoms with Gasteiger partial charge in [0.2, 0.25) is 0 Å². The largest absolute Gasteiger partial charge is 0.495 e. The third-order valence-electron chi connectivity index (χ3n) is 2.83. The maximum atomic E-state index is 12.5. The second-order valence-corrected chi connectivity index (χ2v) is 7.07. The SMILES string of the molecule is COc1ccccc1S(=O)(=O)Cc1ccc(N)cc1Br. The Hall–Kier alpha value is -1.53. The number of halogens is 1. The smallest absolute Gasteiger partial charge is 0.186 e. The predicted molar refractivity (Wildman–Crippen MR) is 82.4 cm³/mol. The summed E-state index contributed by atoms with van der Waals surface area (Å²) in [5.74, 6) is 0.230. The van der Waals surface area contributed by atoms with Crippen LogP contribution >= 0.6 is 15.9 Å². The Morgan fingerprint density at radius 3 is 2.55 bits per heavy atom. The maximum Gasteiger partial charge on any atom is 0.186 e. The molecular weight excluding hydrogens is 342 g/mol. The minimum Gasteiger partial charge on any atom is -0.495 e. The second kappa shape index (κ2) is 5.85.